The Bertz CT molecular complexity index is 860. The molecule has 0 saturated carbocycles. The van der Waals surface area contributed by atoms with Gasteiger partial charge in [-0.1, -0.05) is 65.8 Å². The topological polar surface area (TPSA) is 107 Å². The van der Waals surface area contributed by atoms with Crippen molar-refractivity contribution in [3.8, 4) is 0 Å². The predicted octanol–water partition coefficient (Wildman–Crippen LogP) is 5.39. The number of rotatable bonds is 20. The summed E-state index contributed by atoms with van der Waals surface area (Å²) in [6, 6.07) is 15.4. The zero-order chi connectivity index (χ0) is 29.7. The number of hydrogen-bond acceptors (Lipinski definition) is 8. The van der Waals surface area contributed by atoms with E-state index in [1.165, 1.54) is 0 Å². The first-order valence-electron chi connectivity index (χ1n) is 14.9. The van der Waals surface area contributed by atoms with Crippen LogP contribution in [-0.4, -0.2) is 57.3 Å². The van der Waals surface area contributed by atoms with E-state index < -0.39 is 17.6 Å². The van der Waals surface area contributed by atoms with Crippen molar-refractivity contribution < 1.29 is 26.6 Å². The summed E-state index contributed by atoms with van der Waals surface area (Å²) in [7, 11) is -5.66. The molecule has 0 aromatic heterocycles. The van der Waals surface area contributed by atoms with Crippen molar-refractivity contribution in [2.24, 2.45) is 0 Å². The third-order valence-corrected chi connectivity index (χ3v) is 11.0. The molecule has 0 amide bonds. The van der Waals surface area contributed by atoms with Crippen molar-refractivity contribution in [3.63, 3.8) is 0 Å². The lowest BCUT2D eigenvalue weighted by atomic mass is 10.3. The zero-order valence-electron chi connectivity index (χ0n) is 25.7. The first-order valence-corrected chi connectivity index (χ1v) is 18.4. The highest BCUT2D eigenvalue weighted by atomic mass is 28.4. The molecule has 10 heteroatoms. The van der Waals surface area contributed by atoms with Crippen LogP contribution in [0.3, 0.4) is 0 Å². The minimum atomic E-state index is -2.85. The van der Waals surface area contributed by atoms with Gasteiger partial charge in [-0.2, -0.15) is 0 Å². The van der Waals surface area contributed by atoms with Gasteiger partial charge in [-0.25, -0.2) is 0 Å². The Kier molecular flexibility index (Phi) is 19.0. The second-order valence-corrected chi connectivity index (χ2v) is 14.6. The molecule has 0 radical (unpaired) electrons. The van der Waals surface area contributed by atoms with E-state index in [1.54, 1.807) is 0 Å². The van der Waals surface area contributed by atoms with E-state index in [-0.39, 0.29) is 0 Å². The summed E-state index contributed by atoms with van der Waals surface area (Å²) in [5.41, 5.74) is 13.1. The SMILES string of the molecule is CCCO[Si](OCCC)(OCCC)c1ccc(N)cc1.CCCO[Si](OCCC)(OCCC)c1cccc(N)c1. The average molecular weight is 595 g/mol. The molecule has 8 nitrogen and oxygen atoms in total. The van der Waals surface area contributed by atoms with Gasteiger partial charge in [-0.05, 0) is 62.8 Å². The van der Waals surface area contributed by atoms with E-state index in [4.69, 9.17) is 38.0 Å². The summed E-state index contributed by atoms with van der Waals surface area (Å²) in [4.78, 5) is 0. The van der Waals surface area contributed by atoms with Gasteiger partial charge in [0.15, 0.2) is 0 Å². The van der Waals surface area contributed by atoms with Crippen LogP contribution in [0, 0.1) is 0 Å². The molecule has 2 aromatic rings. The maximum Gasteiger partial charge on any atom is 0.537 e. The quantitative estimate of drug-likeness (QED) is 0.155. The van der Waals surface area contributed by atoms with E-state index in [1.807, 2.05) is 48.5 Å². The van der Waals surface area contributed by atoms with Gasteiger partial charge in [0.1, 0.15) is 0 Å². The number of nitrogen functional groups attached to an aromatic ring is 2. The second kappa shape index (κ2) is 21.0. The highest BCUT2D eigenvalue weighted by Crippen LogP contribution is 2.15. The van der Waals surface area contributed by atoms with Gasteiger partial charge < -0.3 is 38.0 Å². The van der Waals surface area contributed by atoms with Crippen LogP contribution < -0.4 is 21.8 Å². The van der Waals surface area contributed by atoms with E-state index in [0.717, 1.165) is 54.6 Å². The molecule has 2 aromatic carbocycles. The van der Waals surface area contributed by atoms with Gasteiger partial charge >= 0.3 is 17.6 Å². The molecule has 4 N–H and O–H groups in total. The molecular weight excluding hydrogens is 541 g/mol. The molecule has 0 fully saturated rings. The molecule has 0 saturated heterocycles. The van der Waals surface area contributed by atoms with Gasteiger partial charge in [-0.3, -0.25) is 0 Å². The summed E-state index contributed by atoms with van der Waals surface area (Å²) in [5.74, 6) is 0. The maximum atomic E-state index is 6.06. The van der Waals surface area contributed by atoms with Crippen molar-refractivity contribution in [2.75, 3.05) is 51.1 Å². The van der Waals surface area contributed by atoms with E-state index in [2.05, 4.69) is 41.5 Å². The molecule has 0 spiro atoms. The number of nitrogens with two attached hydrogens (primary N) is 2. The van der Waals surface area contributed by atoms with Crippen LogP contribution in [0.2, 0.25) is 0 Å². The molecule has 0 aliphatic carbocycles. The van der Waals surface area contributed by atoms with Crippen LogP contribution >= 0.6 is 0 Å². The smallest absolute Gasteiger partial charge is 0.399 e. The molecule has 2 rings (SSSR count). The molecule has 0 aliphatic heterocycles. The summed E-state index contributed by atoms with van der Waals surface area (Å²) in [5, 5.41) is 1.94. The predicted molar refractivity (Wildman–Crippen MR) is 170 cm³/mol. The highest BCUT2D eigenvalue weighted by molar-refractivity contribution is 6.75. The van der Waals surface area contributed by atoms with Gasteiger partial charge in [0, 0.05) is 61.4 Å². The van der Waals surface area contributed by atoms with Crippen LogP contribution in [-0.2, 0) is 26.6 Å². The molecule has 0 heterocycles. The lowest BCUT2D eigenvalue weighted by molar-refractivity contribution is 0.0726. The van der Waals surface area contributed by atoms with Crippen molar-refractivity contribution in [1.82, 2.24) is 0 Å². The molecule has 0 bridgehead atoms. The Hall–Kier alpha value is -1.77. The number of anilines is 2. The Labute approximate surface area is 245 Å². The van der Waals surface area contributed by atoms with Gasteiger partial charge in [-0.15, -0.1) is 0 Å². The molecule has 0 unspecified atom stereocenters. The Morgan fingerprint density at radius 2 is 0.800 bits per heavy atom. The fourth-order valence-electron chi connectivity index (χ4n) is 3.58. The van der Waals surface area contributed by atoms with Crippen LogP contribution in [0.25, 0.3) is 0 Å². The Balaban J connectivity index is 0.000000400. The third kappa shape index (κ3) is 12.4. The van der Waals surface area contributed by atoms with Crippen molar-refractivity contribution in [1.29, 1.82) is 0 Å². The fraction of sp³-hybridized carbons (Fsp3) is 0.600. The number of hydrogen-bond donors (Lipinski definition) is 2. The van der Waals surface area contributed by atoms with E-state index in [0.29, 0.717) is 45.3 Å². The second-order valence-electron chi connectivity index (χ2n) is 9.45. The first kappa shape index (κ1) is 36.3. The summed E-state index contributed by atoms with van der Waals surface area (Å²) in [6.07, 6.45) is 5.62. The minimum absolute atomic E-state index is 0.633. The lowest BCUT2D eigenvalue weighted by Crippen LogP contribution is -2.57. The van der Waals surface area contributed by atoms with Gasteiger partial charge in [0.2, 0.25) is 0 Å². The maximum absolute atomic E-state index is 6.06. The van der Waals surface area contributed by atoms with Crippen LogP contribution in [0.4, 0.5) is 11.4 Å². The normalized spacial score (nSPS) is 11.8. The molecule has 40 heavy (non-hydrogen) atoms. The number of benzene rings is 2. The Morgan fingerprint density at radius 3 is 1.12 bits per heavy atom. The van der Waals surface area contributed by atoms with Gasteiger partial charge in [0.25, 0.3) is 0 Å². The molecular formula is C30H54N2O6Si2. The van der Waals surface area contributed by atoms with E-state index >= 15 is 0 Å². The van der Waals surface area contributed by atoms with Crippen molar-refractivity contribution >= 4 is 39.4 Å². The summed E-state index contributed by atoms with van der Waals surface area (Å²) < 4.78 is 36.4. The van der Waals surface area contributed by atoms with Gasteiger partial charge in [0.05, 0.1) is 0 Å². The monoisotopic (exact) mass is 594 g/mol. The van der Waals surface area contributed by atoms with Crippen LogP contribution in [0.5, 0.6) is 0 Å². The lowest BCUT2D eigenvalue weighted by Gasteiger charge is -2.30. The molecule has 0 atom stereocenters. The third-order valence-electron chi connectivity index (χ3n) is 5.48. The zero-order valence-corrected chi connectivity index (χ0v) is 27.7. The van der Waals surface area contributed by atoms with Crippen molar-refractivity contribution in [2.45, 2.75) is 80.1 Å². The largest absolute Gasteiger partial charge is 0.537 e. The fourth-order valence-corrected chi connectivity index (χ4v) is 9.14. The average Bonchev–Trinajstić information content (AvgIpc) is 2.97. The van der Waals surface area contributed by atoms with Crippen LogP contribution in [0.1, 0.15) is 80.1 Å². The molecule has 0 aliphatic rings. The van der Waals surface area contributed by atoms with Crippen molar-refractivity contribution in [3.05, 3.63) is 48.5 Å². The highest BCUT2D eigenvalue weighted by Gasteiger charge is 2.44. The Morgan fingerprint density at radius 1 is 0.450 bits per heavy atom. The standard InChI is InChI=1S/2C15H27NO3Si/c1-4-11-17-20(18-12-5-2,19-13-6-3)15-9-7-14(16)8-10-15;1-4-10-17-20(18-11-5-2,19-12-6-3)15-9-7-8-14(16)13-15/h7-10H,4-6,11-13,16H2,1-3H3;7-9,13H,4-6,10-12,16H2,1-3H3. The van der Waals surface area contributed by atoms with Crippen LogP contribution in [0.15, 0.2) is 48.5 Å². The minimum Gasteiger partial charge on any atom is -0.399 e. The molecule has 228 valence electrons. The first-order chi connectivity index (χ1) is 19.4. The summed E-state index contributed by atoms with van der Waals surface area (Å²) in [6.45, 7) is 16.3. The summed E-state index contributed by atoms with van der Waals surface area (Å²) >= 11 is 0. The van der Waals surface area contributed by atoms with E-state index in [9.17, 15) is 0 Å².